The highest BCUT2D eigenvalue weighted by molar-refractivity contribution is 5.92. The normalized spacial score (nSPS) is 19.2. The summed E-state index contributed by atoms with van der Waals surface area (Å²) in [7, 11) is 0. The zero-order valence-electron chi connectivity index (χ0n) is 8.60. The first-order chi connectivity index (χ1) is 7.65. The number of amides is 2. The number of hydrogen-bond donors (Lipinski definition) is 2. The zero-order chi connectivity index (χ0) is 11.5. The molecule has 1 heterocycles. The van der Waals surface area contributed by atoms with Crippen molar-refractivity contribution < 1.29 is 14.3 Å². The van der Waals surface area contributed by atoms with Gasteiger partial charge in [0, 0.05) is 12.1 Å². The number of nitrogens with two attached hydrogens (primary N) is 1. The van der Waals surface area contributed by atoms with E-state index in [0.717, 1.165) is 11.3 Å². The summed E-state index contributed by atoms with van der Waals surface area (Å²) in [5.41, 5.74) is 6.66. The number of anilines is 1. The second-order valence-electron chi connectivity index (χ2n) is 3.67. The Bertz CT molecular complexity index is 431. The molecule has 3 N–H and O–H groups in total. The largest absolute Gasteiger partial charge is 0.445 e. The third-order valence-electron chi connectivity index (χ3n) is 2.43. The summed E-state index contributed by atoms with van der Waals surface area (Å²) in [6.07, 6.45) is -0.700. The molecule has 0 radical (unpaired) electrons. The fourth-order valence-corrected chi connectivity index (χ4v) is 1.79. The molecule has 1 aromatic carbocycles. The van der Waals surface area contributed by atoms with Gasteiger partial charge in [-0.05, 0) is 11.6 Å². The van der Waals surface area contributed by atoms with Crippen LogP contribution in [0.5, 0.6) is 0 Å². The predicted octanol–water partition coefficient (Wildman–Crippen LogP) is 1.04. The van der Waals surface area contributed by atoms with E-state index in [9.17, 15) is 9.59 Å². The number of carbonyl (C=O) groups excluding carboxylic acids is 2. The van der Waals surface area contributed by atoms with E-state index in [0.29, 0.717) is 6.42 Å². The maximum Gasteiger partial charge on any atom is 0.404 e. The van der Waals surface area contributed by atoms with E-state index in [4.69, 9.17) is 10.5 Å². The number of hydrogen-bond acceptors (Lipinski definition) is 3. The molecule has 1 atom stereocenters. The van der Waals surface area contributed by atoms with Crippen molar-refractivity contribution in [2.75, 3.05) is 5.32 Å². The molecule has 0 fully saturated rings. The van der Waals surface area contributed by atoms with E-state index in [1.807, 2.05) is 24.3 Å². The lowest BCUT2D eigenvalue weighted by Crippen LogP contribution is -2.26. The van der Waals surface area contributed by atoms with Gasteiger partial charge in [0.05, 0.1) is 6.42 Å². The van der Waals surface area contributed by atoms with E-state index in [2.05, 4.69) is 5.32 Å². The molecule has 84 valence electrons. The first kappa shape index (κ1) is 10.5. The number of rotatable bonds is 1. The Hall–Kier alpha value is -2.04. The molecule has 1 unspecified atom stereocenters. The monoisotopic (exact) mass is 220 g/mol. The van der Waals surface area contributed by atoms with Gasteiger partial charge in [-0.2, -0.15) is 0 Å². The van der Waals surface area contributed by atoms with Gasteiger partial charge in [-0.25, -0.2) is 4.79 Å². The Balaban J connectivity index is 2.23. The van der Waals surface area contributed by atoms with Crippen LogP contribution in [0.2, 0.25) is 0 Å². The molecule has 0 bridgehead atoms. The minimum atomic E-state index is -0.850. The van der Waals surface area contributed by atoms with Crippen LogP contribution in [-0.4, -0.2) is 18.1 Å². The fourth-order valence-electron chi connectivity index (χ4n) is 1.79. The van der Waals surface area contributed by atoms with Crippen LogP contribution in [0.25, 0.3) is 0 Å². The number of ether oxygens (including phenoxy) is 1. The number of para-hydroxylation sites is 1. The number of nitrogens with one attached hydrogen (secondary N) is 1. The molecule has 1 aliphatic heterocycles. The van der Waals surface area contributed by atoms with Crippen molar-refractivity contribution in [2.24, 2.45) is 5.73 Å². The molecule has 16 heavy (non-hydrogen) atoms. The maximum atomic E-state index is 11.5. The molecular weight excluding hydrogens is 208 g/mol. The summed E-state index contributed by atoms with van der Waals surface area (Å²) in [5, 5.41) is 2.75. The third kappa shape index (κ3) is 2.31. The lowest BCUT2D eigenvalue weighted by molar-refractivity contribution is -0.117. The smallest absolute Gasteiger partial charge is 0.404 e. The second-order valence-corrected chi connectivity index (χ2v) is 3.67. The number of carbonyl (C=O) groups is 2. The zero-order valence-corrected chi connectivity index (χ0v) is 8.60. The van der Waals surface area contributed by atoms with Crippen molar-refractivity contribution >= 4 is 17.7 Å². The minimum Gasteiger partial charge on any atom is -0.445 e. The molecule has 1 aromatic rings. The van der Waals surface area contributed by atoms with Crippen LogP contribution in [0.3, 0.4) is 0 Å². The molecule has 5 heteroatoms. The van der Waals surface area contributed by atoms with E-state index < -0.39 is 12.2 Å². The first-order valence-corrected chi connectivity index (χ1v) is 4.99. The highest BCUT2D eigenvalue weighted by atomic mass is 16.6. The molecular formula is C11H12N2O3. The Morgan fingerprint density at radius 2 is 2.12 bits per heavy atom. The van der Waals surface area contributed by atoms with Crippen LogP contribution in [-0.2, 0) is 16.0 Å². The molecule has 0 aromatic heterocycles. The van der Waals surface area contributed by atoms with E-state index >= 15 is 0 Å². The molecule has 0 saturated carbocycles. The highest BCUT2D eigenvalue weighted by Crippen LogP contribution is 2.22. The van der Waals surface area contributed by atoms with E-state index in [-0.39, 0.29) is 12.3 Å². The number of benzene rings is 1. The Morgan fingerprint density at radius 3 is 2.88 bits per heavy atom. The summed E-state index contributed by atoms with van der Waals surface area (Å²) < 4.78 is 4.88. The average Bonchev–Trinajstić information content (AvgIpc) is 2.33. The van der Waals surface area contributed by atoms with Gasteiger partial charge in [0.2, 0.25) is 5.91 Å². The number of primary amides is 1. The fraction of sp³-hybridized carbons (Fsp3) is 0.273. The van der Waals surface area contributed by atoms with Gasteiger partial charge in [-0.1, -0.05) is 18.2 Å². The Morgan fingerprint density at radius 1 is 1.38 bits per heavy atom. The summed E-state index contributed by atoms with van der Waals surface area (Å²) in [6, 6.07) is 7.42. The van der Waals surface area contributed by atoms with Crippen molar-refractivity contribution in [3.8, 4) is 0 Å². The Labute approximate surface area is 92.6 Å². The van der Waals surface area contributed by atoms with E-state index in [1.54, 1.807) is 0 Å². The standard InChI is InChI=1S/C11H12N2O3/c12-11(15)16-8-5-7-3-1-2-4-9(7)13-10(14)6-8/h1-4,8H,5-6H2,(H2,12,15)(H,13,14). The first-order valence-electron chi connectivity index (χ1n) is 4.99. The van der Waals surface area contributed by atoms with Crippen molar-refractivity contribution in [1.82, 2.24) is 0 Å². The van der Waals surface area contributed by atoms with Gasteiger partial charge in [0.15, 0.2) is 0 Å². The highest BCUT2D eigenvalue weighted by Gasteiger charge is 2.23. The average molecular weight is 220 g/mol. The lowest BCUT2D eigenvalue weighted by Gasteiger charge is -2.12. The summed E-state index contributed by atoms with van der Waals surface area (Å²) in [6.45, 7) is 0. The van der Waals surface area contributed by atoms with Crippen LogP contribution in [0.4, 0.5) is 10.5 Å². The van der Waals surface area contributed by atoms with Gasteiger partial charge in [-0.3, -0.25) is 4.79 Å². The summed E-state index contributed by atoms with van der Waals surface area (Å²) in [4.78, 5) is 22.2. The summed E-state index contributed by atoms with van der Waals surface area (Å²) >= 11 is 0. The molecule has 2 rings (SSSR count). The van der Waals surface area contributed by atoms with Crippen molar-refractivity contribution in [3.63, 3.8) is 0 Å². The topological polar surface area (TPSA) is 81.4 Å². The molecule has 0 spiro atoms. The van der Waals surface area contributed by atoms with Gasteiger partial charge >= 0.3 is 6.09 Å². The SMILES string of the molecule is NC(=O)OC1CC(=O)Nc2ccccc2C1. The Kier molecular flexibility index (Phi) is 2.76. The minimum absolute atomic E-state index is 0.137. The predicted molar refractivity (Wildman–Crippen MR) is 57.8 cm³/mol. The van der Waals surface area contributed by atoms with Gasteiger partial charge < -0.3 is 15.8 Å². The van der Waals surface area contributed by atoms with Crippen LogP contribution < -0.4 is 11.1 Å². The summed E-state index contributed by atoms with van der Waals surface area (Å²) in [5.74, 6) is -0.170. The third-order valence-corrected chi connectivity index (χ3v) is 2.43. The quantitative estimate of drug-likeness (QED) is 0.741. The van der Waals surface area contributed by atoms with Crippen molar-refractivity contribution in [3.05, 3.63) is 29.8 Å². The lowest BCUT2D eigenvalue weighted by atomic mass is 10.1. The molecule has 1 aliphatic rings. The van der Waals surface area contributed by atoms with Crippen LogP contribution in [0.15, 0.2) is 24.3 Å². The van der Waals surface area contributed by atoms with Crippen molar-refractivity contribution in [1.29, 1.82) is 0 Å². The molecule has 5 nitrogen and oxygen atoms in total. The van der Waals surface area contributed by atoms with Crippen molar-refractivity contribution in [2.45, 2.75) is 18.9 Å². The second kappa shape index (κ2) is 4.22. The molecule has 0 saturated heterocycles. The van der Waals surface area contributed by atoms with Crippen LogP contribution in [0, 0.1) is 0 Å². The maximum absolute atomic E-state index is 11.5. The van der Waals surface area contributed by atoms with Crippen LogP contribution >= 0.6 is 0 Å². The molecule has 2 amide bonds. The van der Waals surface area contributed by atoms with Gasteiger partial charge in [0.1, 0.15) is 6.10 Å². The van der Waals surface area contributed by atoms with Gasteiger partial charge in [-0.15, -0.1) is 0 Å². The van der Waals surface area contributed by atoms with Gasteiger partial charge in [0.25, 0.3) is 0 Å². The van der Waals surface area contributed by atoms with E-state index in [1.165, 1.54) is 0 Å². The molecule has 0 aliphatic carbocycles. The van der Waals surface area contributed by atoms with Crippen LogP contribution in [0.1, 0.15) is 12.0 Å². The number of fused-ring (bicyclic) bond motifs is 1.